The van der Waals surface area contributed by atoms with Gasteiger partial charge in [0.05, 0.1) is 17.9 Å². The third-order valence-corrected chi connectivity index (χ3v) is 6.87. The minimum absolute atomic E-state index is 0.0284. The molecular weight excluding hydrogens is 416 g/mol. The Bertz CT molecular complexity index is 871. The zero-order chi connectivity index (χ0) is 21.8. The number of aliphatic hydroxyl groups is 1. The van der Waals surface area contributed by atoms with E-state index in [-0.39, 0.29) is 18.4 Å². The summed E-state index contributed by atoms with van der Waals surface area (Å²) in [4.78, 5) is 16.7. The minimum Gasteiger partial charge on any atom is -0.393 e. The van der Waals surface area contributed by atoms with Crippen molar-refractivity contribution in [3.05, 3.63) is 23.2 Å². The molecule has 0 unspecified atom stereocenters. The maximum atomic E-state index is 11.8. The lowest BCUT2D eigenvalue weighted by molar-refractivity contribution is -0.123. The zero-order valence-electron chi connectivity index (χ0n) is 18.2. The Morgan fingerprint density at radius 3 is 2.71 bits per heavy atom. The lowest BCUT2D eigenvalue weighted by atomic mass is 9.84. The van der Waals surface area contributed by atoms with E-state index in [2.05, 4.69) is 20.3 Å². The highest BCUT2D eigenvalue weighted by Crippen LogP contribution is 2.30. The van der Waals surface area contributed by atoms with Crippen LogP contribution >= 0.6 is 11.6 Å². The van der Waals surface area contributed by atoms with Gasteiger partial charge in [-0.2, -0.15) is 0 Å². The van der Waals surface area contributed by atoms with Gasteiger partial charge >= 0.3 is 0 Å². The normalized spacial score (nSPS) is 23.8. The molecule has 2 heterocycles. The maximum Gasteiger partial charge on any atom is 0.222 e. The average Bonchev–Trinajstić information content (AvgIpc) is 3.16. The summed E-state index contributed by atoms with van der Waals surface area (Å²) >= 11 is 6.04. The second-order valence-corrected chi connectivity index (χ2v) is 9.54. The summed E-state index contributed by atoms with van der Waals surface area (Å²) in [7, 11) is 0. The van der Waals surface area contributed by atoms with Crippen molar-refractivity contribution in [2.24, 2.45) is 5.92 Å². The number of piperazine rings is 1. The summed E-state index contributed by atoms with van der Waals surface area (Å²) in [5.74, 6) is 1.63. The molecule has 2 N–H and O–H groups in total. The minimum atomic E-state index is -0.571. The van der Waals surface area contributed by atoms with Crippen molar-refractivity contribution in [3.63, 3.8) is 0 Å². The second-order valence-electron chi connectivity index (χ2n) is 9.10. The first kappa shape index (κ1) is 22.4. The first-order valence-corrected chi connectivity index (χ1v) is 11.9. The maximum absolute atomic E-state index is 11.8. The first-order valence-electron chi connectivity index (χ1n) is 11.5. The third-order valence-electron chi connectivity index (χ3n) is 6.63. The highest BCUT2D eigenvalue weighted by Gasteiger charge is 2.25. The molecule has 8 heteroatoms. The number of halogens is 1. The summed E-state index contributed by atoms with van der Waals surface area (Å²) in [6, 6.07) is 5.96. The molecule has 1 atom stereocenters. The summed E-state index contributed by atoms with van der Waals surface area (Å²) in [6.07, 6.45) is 5.29. The number of carbonyl (C=O) groups excluding carboxylic acids is 1. The van der Waals surface area contributed by atoms with Crippen LogP contribution in [0, 0.1) is 5.92 Å². The topological polar surface area (TPSA) is 81.8 Å². The molecule has 0 spiro atoms. The smallest absolute Gasteiger partial charge is 0.222 e. The number of nitrogens with zero attached hydrogens (tertiary/aromatic N) is 3. The summed E-state index contributed by atoms with van der Waals surface area (Å²) in [5, 5.41) is 18.4. The van der Waals surface area contributed by atoms with Gasteiger partial charge in [0.1, 0.15) is 0 Å². The third kappa shape index (κ3) is 5.90. The molecule has 2 aromatic rings. The Kier molecular flexibility index (Phi) is 7.35. The van der Waals surface area contributed by atoms with E-state index in [9.17, 15) is 9.90 Å². The van der Waals surface area contributed by atoms with E-state index >= 15 is 0 Å². The van der Waals surface area contributed by atoms with Gasteiger partial charge in [0, 0.05) is 43.3 Å². The standard InChI is InChI=1S/C23H33ClN4O3/c1-16(29)14-22(30)25-19-5-2-17(3-6-19)8-9-27-10-12-28(13-11-27)23-20-7-4-18(24)15-21(20)31-26-23/h4,7,15-17,19,29H,2-3,5-6,8-14H2,1H3,(H,25,30)/t16-,17-,19-/m0/s1. The second kappa shape index (κ2) is 10.2. The van der Waals surface area contributed by atoms with Crippen LogP contribution in [0.2, 0.25) is 5.02 Å². The van der Waals surface area contributed by atoms with Gasteiger partial charge in [-0.3, -0.25) is 9.69 Å². The van der Waals surface area contributed by atoms with Crippen LogP contribution < -0.4 is 10.2 Å². The Hall–Kier alpha value is -1.83. The fraction of sp³-hybridized carbons (Fsp3) is 0.652. The van der Waals surface area contributed by atoms with Gasteiger partial charge in [0.15, 0.2) is 11.4 Å². The van der Waals surface area contributed by atoms with E-state index in [4.69, 9.17) is 16.1 Å². The lowest BCUT2D eigenvalue weighted by Crippen LogP contribution is -2.47. The largest absolute Gasteiger partial charge is 0.393 e. The lowest BCUT2D eigenvalue weighted by Gasteiger charge is -2.36. The highest BCUT2D eigenvalue weighted by atomic mass is 35.5. The van der Waals surface area contributed by atoms with Crippen molar-refractivity contribution in [2.75, 3.05) is 37.6 Å². The number of fused-ring (bicyclic) bond motifs is 1. The molecule has 4 rings (SSSR count). The summed E-state index contributed by atoms with van der Waals surface area (Å²) in [5.41, 5.74) is 0.739. The fourth-order valence-electron chi connectivity index (χ4n) is 4.82. The Morgan fingerprint density at radius 2 is 2.00 bits per heavy atom. The van der Waals surface area contributed by atoms with Crippen LogP contribution in [0.15, 0.2) is 22.7 Å². The van der Waals surface area contributed by atoms with Crippen LogP contribution in [0.4, 0.5) is 5.82 Å². The van der Waals surface area contributed by atoms with E-state index in [1.165, 1.54) is 19.3 Å². The van der Waals surface area contributed by atoms with Gasteiger partial charge in [0.2, 0.25) is 5.91 Å². The molecule has 0 radical (unpaired) electrons. The van der Waals surface area contributed by atoms with Crippen molar-refractivity contribution in [1.29, 1.82) is 0 Å². The van der Waals surface area contributed by atoms with Crippen LogP contribution in [0.5, 0.6) is 0 Å². The number of nitrogens with one attached hydrogen (secondary N) is 1. The predicted molar refractivity (Wildman–Crippen MR) is 122 cm³/mol. The van der Waals surface area contributed by atoms with Crippen molar-refractivity contribution in [1.82, 2.24) is 15.4 Å². The number of hydrogen-bond acceptors (Lipinski definition) is 6. The van der Waals surface area contributed by atoms with E-state index in [1.807, 2.05) is 18.2 Å². The molecule has 31 heavy (non-hydrogen) atoms. The van der Waals surface area contributed by atoms with Crippen molar-refractivity contribution in [2.45, 2.75) is 57.6 Å². The van der Waals surface area contributed by atoms with Crippen molar-refractivity contribution >= 4 is 34.3 Å². The zero-order valence-corrected chi connectivity index (χ0v) is 19.0. The number of anilines is 1. The van der Waals surface area contributed by atoms with Gasteiger partial charge in [-0.15, -0.1) is 0 Å². The number of aliphatic hydroxyl groups excluding tert-OH is 1. The highest BCUT2D eigenvalue weighted by molar-refractivity contribution is 6.31. The summed E-state index contributed by atoms with van der Waals surface area (Å²) < 4.78 is 5.46. The van der Waals surface area contributed by atoms with E-state index in [1.54, 1.807) is 6.92 Å². The van der Waals surface area contributed by atoms with Crippen LogP contribution in [0.3, 0.4) is 0 Å². The van der Waals surface area contributed by atoms with Crippen LogP contribution in [0.25, 0.3) is 11.0 Å². The number of hydrogen-bond donors (Lipinski definition) is 2. The van der Waals surface area contributed by atoms with E-state index in [0.29, 0.717) is 5.02 Å². The van der Waals surface area contributed by atoms with Crippen molar-refractivity contribution in [3.8, 4) is 0 Å². The molecule has 0 bridgehead atoms. The van der Waals surface area contributed by atoms with Gasteiger partial charge in [-0.1, -0.05) is 16.8 Å². The molecule has 1 aliphatic heterocycles. The quantitative estimate of drug-likeness (QED) is 0.675. The van der Waals surface area contributed by atoms with Crippen LogP contribution in [0.1, 0.15) is 45.4 Å². The number of benzene rings is 1. The molecular formula is C23H33ClN4O3. The Balaban J connectivity index is 1.17. The fourth-order valence-corrected chi connectivity index (χ4v) is 4.99. The van der Waals surface area contributed by atoms with Crippen LogP contribution in [-0.4, -0.2) is 65.9 Å². The van der Waals surface area contributed by atoms with Gasteiger partial charge in [0.25, 0.3) is 0 Å². The number of amides is 1. The van der Waals surface area contributed by atoms with Crippen molar-refractivity contribution < 1.29 is 14.4 Å². The SMILES string of the molecule is C[C@H](O)CC(=O)N[C@H]1CC[C@H](CCN2CCN(c3noc4cc(Cl)ccc34)CC2)CC1. The molecule has 1 saturated heterocycles. The molecule has 2 aliphatic rings. The molecule has 2 fully saturated rings. The van der Waals surface area contributed by atoms with Gasteiger partial charge in [-0.05, 0) is 63.6 Å². The molecule has 1 saturated carbocycles. The molecule has 1 aromatic carbocycles. The van der Waals surface area contributed by atoms with Gasteiger partial charge in [-0.25, -0.2) is 0 Å². The number of aromatic nitrogens is 1. The van der Waals surface area contributed by atoms with E-state index < -0.39 is 6.10 Å². The molecule has 1 amide bonds. The Labute approximate surface area is 188 Å². The molecule has 7 nitrogen and oxygen atoms in total. The molecule has 1 aromatic heterocycles. The monoisotopic (exact) mass is 448 g/mol. The molecule has 170 valence electrons. The summed E-state index contributed by atoms with van der Waals surface area (Å²) in [6.45, 7) is 6.75. The average molecular weight is 449 g/mol. The first-order chi connectivity index (χ1) is 15.0. The number of rotatable bonds is 7. The number of carbonyl (C=O) groups is 1. The van der Waals surface area contributed by atoms with Gasteiger partial charge < -0.3 is 19.8 Å². The Morgan fingerprint density at radius 1 is 1.26 bits per heavy atom. The predicted octanol–water partition coefficient (Wildman–Crippen LogP) is 3.44. The molecule has 1 aliphatic carbocycles. The van der Waals surface area contributed by atoms with E-state index in [0.717, 1.165) is 68.3 Å². The van der Waals surface area contributed by atoms with Crippen LogP contribution in [-0.2, 0) is 4.79 Å².